The number of nitrogens with one attached hydrogen (secondary N) is 1. The predicted octanol–water partition coefficient (Wildman–Crippen LogP) is -0.903. The van der Waals surface area contributed by atoms with Crippen molar-refractivity contribution in [2.24, 2.45) is 11.5 Å². The molecule has 0 aromatic heterocycles. The highest BCUT2D eigenvalue weighted by Gasteiger charge is 2.15. The standard InChI is InChI=1S/C7H15N3O3.2ClH/c8-2-1-3-10-7(13)5(9)4-6(11)12;;/h5H,1-4,8-9H2,(H,10,13)(H,11,12);2*1H. The normalized spacial score (nSPS) is 10.5. The maximum atomic E-state index is 11.0. The maximum absolute atomic E-state index is 11.0. The van der Waals surface area contributed by atoms with Gasteiger partial charge in [-0.25, -0.2) is 0 Å². The zero-order valence-electron chi connectivity index (χ0n) is 8.14. The Morgan fingerprint density at radius 1 is 1.33 bits per heavy atom. The van der Waals surface area contributed by atoms with Crippen molar-refractivity contribution < 1.29 is 14.7 Å². The van der Waals surface area contributed by atoms with Gasteiger partial charge in [-0.15, -0.1) is 24.8 Å². The molecule has 0 radical (unpaired) electrons. The van der Waals surface area contributed by atoms with E-state index in [1.807, 2.05) is 0 Å². The quantitative estimate of drug-likeness (QED) is 0.462. The molecule has 0 fully saturated rings. The zero-order valence-corrected chi connectivity index (χ0v) is 9.77. The molecule has 0 aliphatic rings. The molecule has 92 valence electrons. The van der Waals surface area contributed by atoms with Gasteiger partial charge in [0.1, 0.15) is 0 Å². The molecule has 0 heterocycles. The first-order chi connectivity index (χ1) is 6.07. The van der Waals surface area contributed by atoms with Crippen LogP contribution in [-0.2, 0) is 9.59 Å². The largest absolute Gasteiger partial charge is 0.481 e. The molecule has 0 aromatic rings. The second kappa shape index (κ2) is 11.5. The Bertz CT molecular complexity index is 192. The van der Waals surface area contributed by atoms with E-state index in [0.717, 1.165) is 0 Å². The number of hydrogen-bond acceptors (Lipinski definition) is 4. The van der Waals surface area contributed by atoms with Crippen molar-refractivity contribution in [2.45, 2.75) is 18.9 Å². The number of hydrogen-bond donors (Lipinski definition) is 4. The lowest BCUT2D eigenvalue weighted by Gasteiger charge is -2.09. The fraction of sp³-hybridized carbons (Fsp3) is 0.714. The summed E-state index contributed by atoms with van der Waals surface area (Å²) < 4.78 is 0. The van der Waals surface area contributed by atoms with Gasteiger partial charge in [-0.2, -0.15) is 0 Å². The third-order valence-corrected chi connectivity index (χ3v) is 1.41. The topological polar surface area (TPSA) is 118 Å². The van der Waals surface area contributed by atoms with E-state index in [0.29, 0.717) is 19.5 Å². The molecule has 0 saturated carbocycles. The van der Waals surface area contributed by atoms with Crippen molar-refractivity contribution >= 4 is 36.7 Å². The molecule has 15 heavy (non-hydrogen) atoms. The van der Waals surface area contributed by atoms with Crippen LogP contribution in [0.1, 0.15) is 12.8 Å². The average Bonchev–Trinajstić information content (AvgIpc) is 2.03. The van der Waals surface area contributed by atoms with Gasteiger partial charge >= 0.3 is 5.97 Å². The first-order valence-corrected chi connectivity index (χ1v) is 4.03. The molecule has 6 nitrogen and oxygen atoms in total. The number of rotatable bonds is 6. The molecule has 6 N–H and O–H groups in total. The number of aliphatic carboxylic acids is 1. The van der Waals surface area contributed by atoms with Crippen molar-refractivity contribution in [1.29, 1.82) is 0 Å². The first-order valence-electron chi connectivity index (χ1n) is 4.03. The van der Waals surface area contributed by atoms with E-state index in [-0.39, 0.29) is 31.2 Å². The van der Waals surface area contributed by atoms with E-state index in [2.05, 4.69) is 5.32 Å². The van der Waals surface area contributed by atoms with Gasteiger partial charge in [-0.1, -0.05) is 0 Å². The number of carbonyl (C=O) groups is 2. The summed E-state index contributed by atoms with van der Waals surface area (Å²) in [6.45, 7) is 0.914. The van der Waals surface area contributed by atoms with Crippen LogP contribution in [0.5, 0.6) is 0 Å². The van der Waals surface area contributed by atoms with Gasteiger partial charge in [0.15, 0.2) is 0 Å². The summed E-state index contributed by atoms with van der Waals surface area (Å²) in [6.07, 6.45) is 0.306. The highest BCUT2D eigenvalue weighted by atomic mass is 35.5. The lowest BCUT2D eigenvalue weighted by Crippen LogP contribution is -2.42. The fourth-order valence-corrected chi connectivity index (χ4v) is 0.726. The highest BCUT2D eigenvalue weighted by Crippen LogP contribution is 1.87. The second-order valence-corrected chi connectivity index (χ2v) is 2.64. The molecule has 0 spiro atoms. The summed E-state index contributed by atoms with van der Waals surface area (Å²) >= 11 is 0. The van der Waals surface area contributed by atoms with Crippen molar-refractivity contribution in [3.8, 4) is 0 Å². The van der Waals surface area contributed by atoms with Crippen molar-refractivity contribution in [1.82, 2.24) is 5.32 Å². The number of halogens is 2. The highest BCUT2D eigenvalue weighted by molar-refractivity contribution is 5.86. The van der Waals surface area contributed by atoms with Crippen molar-refractivity contribution in [3.05, 3.63) is 0 Å². The summed E-state index contributed by atoms with van der Waals surface area (Å²) in [7, 11) is 0. The van der Waals surface area contributed by atoms with Gasteiger partial charge in [0.2, 0.25) is 5.91 Å². The molecule has 0 aromatic carbocycles. The van der Waals surface area contributed by atoms with Gasteiger partial charge in [0, 0.05) is 6.54 Å². The molecule has 1 unspecified atom stereocenters. The van der Waals surface area contributed by atoms with Crippen LogP contribution in [0, 0.1) is 0 Å². The Labute approximate surface area is 101 Å². The lowest BCUT2D eigenvalue weighted by atomic mass is 10.2. The molecule has 1 atom stereocenters. The molecule has 1 amide bonds. The van der Waals surface area contributed by atoms with E-state index < -0.39 is 17.9 Å². The molecule has 0 aliphatic heterocycles. The monoisotopic (exact) mass is 261 g/mol. The fourth-order valence-electron chi connectivity index (χ4n) is 0.726. The smallest absolute Gasteiger partial charge is 0.305 e. The molecular formula is C7H17Cl2N3O3. The molecule has 0 bridgehead atoms. The van der Waals surface area contributed by atoms with Crippen LogP contribution in [-0.4, -0.2) is 36.1 Å². The van der Waals surface area contributed by atoms with Gasteiger partial charge in [0.05, 0.1) is 12.5 Å². The minimum absolute atomic E-state index is 0. The molecular weight excluding hydrogens is 245 g/mol. The zero-order chi connectivity index (χ0) is 10.3. The van der Waals surface area contributed by atoms with Crippen LogP contribution in [0.2, 0.25) is 0 Å². The Balaban J connectivity index is -0.000000720. The summed E-state index contributed by atoms with van der Waals surface area (Å²) in [6, 6.07) is -0.977. The molecule has 0 saturated heterocycles. The molecule has 0 rings (SSSR count). The summed E-state index contributed by atoms with van der Waals surface area (Å²) in [5.74, 6) is -1.53. The molecule has 8 heteroatoms. The SMILES string of the molecule is Cl.Cl.NCCCNC(=O)C(N)CC(=O)O. The third-order valence-electron chi connectivity index (χ3n) is 1.41. The van der Waals surface area contributed by atoms with Crippen molar-refractivity contribution in [2.75, 3.05) is 13.1 Å². The minimum Gasteiger partial charge on any atom is -0.481 e. The Morgan fingerprint density at radius 2 is 1.87 bits per heavy atom. The van der Waals surface area contributed by atoms with Crippen LogP contribution >= 0.6 is 24.8 Å². The number of carboxylic acid groups (broad SMARTS) is 1. The predicted molar refractivity (Wildman–Crippen MR) is 61.4 cm³/mol. The second-order valence-electron chi connectivity index (χ2n) is 2.64. The van der Waals surface area contributed by atoms with E-state index in [4.69, 9.17) is 16.6 Å². The van der Waals surface area contributed by atoms with Crippen molar-refractivity contribution in [3.63, 3.8) is 0 Å². The summed E-state index contributed by atoms with van der Waals surface area (Å²) in [5.41, 5.74) is 10.5. The van der Waals surface area contributed by atoms with Gasteiger partial charge < -0.3 is 21.9 Å². The van der Waals surface area contributed by atoms with E-state index >= 15 is 0 Å². The van der Waals surface area contributed by atoms with E-state index in [1.54, 1.807) is 0 Å². The number of carbonyl (C=O) groups excluding carboxylic acids is 1. The van der Waals surface area contributed by atoms with Gasteiger partial charge in [-0.05, 0) is 13.0 Å². The number of carboxylic acids is 1. The summed E-state index contributed by atoms with van der Waals surface area (Å²) in [4.78, 5) is 21.2. The van der Waals surface area contributed by atoms with E-state index in [1.165, 1.54) is 0 Å². The Morgan fingerprint density at radius 3 is 2.27 bits per heavy atom. The van der Waals surface area contributed by atoms with E-state index in [9.17, 15) is 9.59 Å². The maximum Gasteiger partial charge on any atom is 0.305 e. The molecule has 0 aliphatic carbocycles. The number of amides is 1. The van der Waals surface area contributed by atoms with Crippen LogP contribution in [0.15, 0.2) is 0 Å². The first kappa shape index (κ1) is 19.9. The Hall–Kier alpha value is -0.560. The third kappa shape index (κ3) is 11.4. The van der Waals surface area contributed by atoms with Gasteiger partial charge in [-0.3, -0.25) is 9.59 Å². The average molecular weight is 262 g/mol. The van der Waals surface area contributed by atoms with Crippen LogP contribution in [0.3, 0.4) is 0 Å². The lowest BCUT2D eigenvalue weighted by molar-refractivity contribution is -0.139. The van der Waals surface area contributed by atoms with Crippen LogP contribution in [0.25, 0.3) is 0 Å². The van der Waals surface area contributed by atoms with Gasteiger partial charge in [0.25, 0.3) is 0 Å². The number of nitrogens with two attached hydrogens (primary N) is 2. The summed E-state index contributed by atoms with van der Waals surface area (Å²) in [5, 5.41) is 10.8. The minimum atomic E-state index is -1.08. The Kier molecular flexibility index (Phi) is 15.3. The van der Waals surface area contributed by atoms with Crippen LogP contribution in [0.4, 0.5) is 0 Å². The van der Waals surface area contributed by atoms with Crippen LogP contribution < -0.4 is 16.8 Å².